The minimum atomic E-state index is -4.25. The molecule has 46 heavy (non-hydrogen) atoms. The molecule has 7 nitrogen and oxygen atoms in total. The number of hydrogen-bond acceptors (Lipinski definition) is 4. The maximum atomic E-state index is 14.6. The maximum absolute atomic E-state index is 14.6. The normalized spacial score (nSPS) is 14.3. The Morgan fingerprint density at radius 3 is 1.89 bits per heavy atom. The van der Waals surface area contributed by atoms with Gasteiger partial charge in [-0.1, -0.05) is 121 Å². The number of nitrogens with one attached hydrogen (secondary N) is 1. The summed E-state index contributed by atoms with van der Waals surface area (Å²) in [5, 5.41) is 3.66. The number of rotatable bonds is 12. The minimum absolute atomic E-state index is 0.00406. The van der Waals surface area contributed by atoms with E-state index in [0.717, 1.165) is 47.5 Å². The summed E-state index contributed by atoms with van der Waals surface area (Å²) in [6, 6.07) is 30.3. The molecule has 0 heterocycles. The molecule has 0 bridgehead atoms. The molecular weight excluding hydrogens is 641 g/mol. The predicted molar refractivity (Wildman–Crippen MR) is 183 cm³/mol. The first-order valence-corrected chi connectivity index (χ1v) is 17.6. The van der Waals surface area contributed by atoms with Crippen molar-refractivity contribution in [2.45, 2.75) is 62.0 Å². The van der Waals surface area contributed by atoms with Gasteiger partial charge in [0, 0.05) is 29.1 Å². The minimum Gasteiger partial charge on any atom is -0.352 e. The van der Waals surface area contributed by atoms with Gasteiger partial charge in [-0.05, 0) is 54.3 Å². The second-order valence-corrected chi connectivity index (χ2v) is 14.2. The molecule has 0 aliphatic heterocycles. The van der Waals surface area contributed by atoms with Crippen molar-refractivity contribution in [2.24, 2.45) is 0 Å². The van der Waals surface area contributed by atoms with Crippen LogP contribution in [0, 0.1) is 0 Å². The standard InChI is InChI=1S/C36H37Cl2N3O4S/c37-29-22-30(38)24-32(23-29)41(46(44,45)33-19-11-4-12-20-33)26-35(42)40(25-28-15-7-2-8-16-28)34(21-27-13-5-1-6-14-27)36(43)39-31-17-9-3-10-18-31/h1-2,4-8,11-16,19-20,22-24,31,34H,3,9-10,17-18,21,25-26H2,(H,39,43)/t34-/m1/s1. The number of sulfonamides is 1. The van der Waals surface area contributed by atoms with Crippen molar-refractivity contribution in [3.8, 4) is 0 Å². The summed E-state index contributed by atoms with van der Waals surface area (Å²) in [5.41, 5.74) is 1.83. The highest BCUT2D eigenvalue weighted by molar-refractivity contribution is 7.92. The van der Waals surface area contributed by atoms with E-state index in [9.17, 15) is 18.0 Å². The summed E-state index contributed by atoms with van der Waals surface area (Å²) in [4.78, 5) is 30.2. The molecule has 0 spiro atoms. The van der Waals surface area contributed by atoms with E-state index in [2.05, 4.69) is 5.32 Å². The van der Waals surface area contributed by atoms with Gasteiger partial charge >= 0.3 is 0 Å². The van der Waals surface area contributed by atoms with Crippen LogP contribution in [0.3, 0.4) is 0 Å². The van der Waals surface area contributed by atoms with Gasteiger partial charge in [-0.3, -0.25) is 13.9 Å². The van der Waals surface area contributed by atoms with Gasteiger partial charge in [-0.25, -0.2) is 8.42 Å². The summed E-state index contributed by atoms with van der Waals surface area (Å²) in [6.07, 6.45) is 5.24. The highest BCUT2D eigenvalue weighted by atomic mass is 35.5. The molecule has 1 aliphatic rings. The smallest absolute Gasteiger partial charge is 0.264 e. The molecule has 1 saturated carbocycles. The third-order valence-corrected chi connectivity index (χ3v) is 10.4. The zero-order chi connectivity index (χ0) is 32.5. The Morgan fingerprint density at radius 1 is 0.761 bits per heavy atom. The Kier molecular flexibility index (Phi) is 11.4. The van der Waals surface area contributed by atoms with Crippen molar-refractivity contribution in [1.82, 2.24) is 10.2 Å². The number of halogens is 2. The lowest BCUT2D eigenvalue weighted by molar-refractivity contribution is -0.140. The topological polar surface area (TPSA) is 86.8 Å². The summed E-state index contributed by atoms with van der Waals surface area (Å²) in [6.45, 7) is -0.479. The Hall–Kier alpha value is -3.85. The molecule has 1 aliphatic carbocycles. The van der Waals surface area contributed by atoms with Crippen LogP contribution in [-0.2, 0) is 32.6 Å². The van der Waals surface area contributed by atoms with Crippen LogP contribution in [0.2, 0.25) is 10.0 Å². The van der Waals surface area contributed by atoms with Crippen LogP contribution in [0.5, 0.6) is 0 Å². The fraction of sp³-hybridized carbons (Fsp3) is 0.278. The number of carbonyl (C=O) groups is 2. The van der Waals surface area contributed by atoms with Crippen LogP contribution in [0.25, 0.3) is 0 Å². The van der Waals surface area contributed by atoms with Crippen molar-refractivity contribution >= 4 is 50.7 Å². The van der Waals surface area contributed by atoms with Crippen molar-refractivity contribution in [3.63, 3.8) is 0 Å². The van der Waals surface area contributed by atoms with Gasteiger partial charge in [-0.2, -0.15) is 0 Å². The molecule has 4 aromatic carbocycles. The molecule has 1 fully saturated rings. The summed E-state index contributed by atoms with van der Waals surface area (Å²) < 4.78 is 29.3. The zero-order valence-corrected chi connectivity index (χ0v) is 27.7. The van der Waals surface area contributed by atoms with Crippen LogP contribution < -0.4 is 9.62 Å². The van der Waals surface area contributed by atoms with Crippen LogP contribution >= 0.6 is 23.2 Å². The second-order valence-electron chi connectivity index (χ2n) is 11.5. The number of nitrogens with zero attached hydrogens (tertiary/aromatic N) is 2. The molecule has 1 atom stereocenters. The third-order valence-electron chi connectivity index (χ3n) is 8.16. The summed E-state index contributed by atoms with van der Waals surface area (Å²) in [5.74, 6) is -0.803. The first-order chi connectivity index (χ1) is 22.2. The highest BCUT2D eigenvalue weighted by Crippen LogP contribution is 2.30. The van der Waals surface area contributed by atoms with Crippen LogP contribution in [-0.4, -0.2) is 43.8 Å². The molecule has 240 valence electrons. The molecule has 0 saturated heterocycles. The number of anilines is 1. The number of hydrogen-bond donors (Lipinski definition) is 1. The molecule has 5 rings (SSSR count). The van der Waals surface area contributed by atoms with Crippen molar-refractivity contribution < 1.29 is 18.0 Å². The van der Waals surface area contributed by atoms with Gasteiger partial charge in [0.25, 0.3) is 10.0 Å². The van der Waals surface area contributed by atoms with Gasteiger partial charge in [0.2, 0.25) is 11.8 Å². The van der Waals surface area contributed by atoms with Gasteiger partial charge in [0.1, 0.15) is 12.6 Å². The Balaban J connectivity index is 1.56. The highest BCUT2D eigenvalue weighted by Gasteiger charge is 2.35. The zero-order valence-electron chi connectivity index (χ0n) is 25.4. The van der Waals surface area contributed by atoms with Gasteiger partial charge in [0.05, 0.1) is 10.6 Å². The van der Waals surface area contributed by atoms with E-state index in [1.807, 2.05) is 60.7 Å². The molecular formula is C36H37Cl2N3O4S. The second kappa shape index (κ2) is 15.6. The molecule has 2 amide bonds. The van der Waals surface area contributed by atoms with E-state index >= 15 is 0 Å². The average Bonchev–Trinajstić information content (AvgIpc) is 3.06. The lowest BCUT2D eigenvalue weighted by Crippen LogP contribution is -2.55. The fourth-order valence-electron chi connectivity index (χ4n) is 5.81. The van der Waals surface area contributed by atoms with Crippen molar-refractivity contribution in [2.75, 3.05) is 10.8 Å². The van der Waals surface area contributed by atoms with E-state index in [1.165, 1.54) is 35.2 Å². The molecule has 0 radical (unpaired) electrons. The number of amides is 2. The maximum Gasteiger partial charge on any atom is 0.264 e. The first-order valence-electron chi connectivity index (χ1n) is 15.4. The van der Waals surface area contributed by atoms with Crippen LogP contribution in [0.4, 0.5) is 5.69 Å². The molecule has 0 unspecified atom stereocenters. The monoisotopic (exact) mass is 677 g/mol. The first kappa shape index (κ1) is 33.5. The quantitative estimate of drug-likeness (QED) is 0.171. The number of carbonyl (C=O) groups excluding carboxylic acids is 2. The Bertz CT molecular complexity index is 1700. The lowest BCUT2D eigenvalue weighted by Gasteiger charge is -2.35. The molecule has 4 aromatic rings. The predicted octanol–water partition coefficient (Wildman–Crippen LogP) is 7.28. The lowest BCUT2D eigenvalue weighted by atomic mass is 9.94. The van der Waals surface area contributed by atoms with Gasteiger partial charge < -0.3 is 10.2 Å². The van der Waals surface area contributed by atoms with E-state index in [0.29, 0.717) is 0 Å². The molecule has 1 N–H and O–H groups in total. The van der Waals surface area contributed by atoms with E-state index in [4.69, 9.17) is 23.2 Å². The Morgan fingerprint density at radius 2 is 1.30 bits per heavy atom. The fourth-order valence-corrected chi connectivity index (χ4v) is 7.74. The number of benzene rings is 4. The third kappa shape index (κ3) is 8.69. The average molecular weight is 679 g/mol. The van der Waals surface area contributed by atoms with E-state index in [1.54, 1.807) is 18.2 Å². The SMILES string of the molecule is O=C(NC1CCCCC1)[C@@H](Cc1ccccc1)N(Cc1ccccc1)C(=O)CN(c1cc(Cl)cc(Cl)c1)S(=O)(=O)c1ccccc1. The molecule has 0 aromatic heterocycles. The van der Waals surface area contributed by atoms with Crippen LogP contribution in [0.1, 0.15) is 43.2 Å². The van der Waals surface area contributed by atoms with E-state index in [-0.39, 0.29) is 45.5 Å². The molecule has 10 heteroatoms. The Labute approximate surface area is 281 Å². The van der Waals surface area contributed by atoms with Crippen LogP contribution in [0.15, 0.2) is 114 Å². The summed E-state index contributed by atoms with van der Waals surface area (Å²) in [7, 11) is -4.25. The van der Waals surface area contributed by atoms with Crippen molar-refractivity contribution in [1.29, 1.82) is 0 Å². The van der Waals surface area contributed by atoms with Gasteiger partial charge in [-0.15, -0.1) is 0 Å². The largest absolute Gasteiger partial charge is 0.352 e. The van der Waals surface area contributed by atoms with E-state index < -0.39 is 28.5 Å². The summed E-state index contributed by atoms with van der Waals surface area (Å²) >= 11 is 12.6. The van der Waals surface area contributed by atoms with Crippen molar-refractivity contribution in [3.05, 3.63) is 130 Å². The van der Waals surface area contributed by atoms with Gasteiger partial charge in [0.15, 0.2) is 0 Å².